The summed E-state index contributed by atoms with van der Waals surface area (Å²) in [6, 6.07) is 0. The maximum Gasteiger partial charge on any atom is 0.331 e. The van der Waals surface area contributed by atoms with E-state index in [-0.39, 0.29) is 37.7 Å². The van der Waals surface area contributed by atoms with Gasteiger partial charge in [-0.15, -0.1) is 0 Å². The molecule has 2 heterocycles. The van der Waals surface area contributed by atoms with Gasteiger partial charge < -0.3 is 49.3 Å². The first kappa shape index (κ1) is 29.6. The van der Waals surface area contributed by atoms with E-state index in [0.717, 1.165) is 11.9 Å². The highest BCUT2D eigenvalue weighted by Gasteiger charge is 2.74. The van der Waals surface area contributed by atoms with Crippen molar-refractivity contribution in [2.75, 3.05) is 13.7 Å². The molecule has 11 heteroatoms. The van der Waals surface area contributed by atoms with Crippen LogP contribution >= 0.6 is 0 Å². The quantitative estimate of drug-likeness (QED) is 0.173. The van der Waals surface area contributed by atoms with E-state index in [2.05, 4.69) is 0 Å². The van der Waals surface area contributed by atoms with Crippen LogP contribution in [0.25, 0.3) is 0 Å². The number of cyclic esters (lactones) is 1. The molecule has 41 heavy (non-hydrogen) atoms. The number of aliphatic hydroxyl groups is 5. The Bertz CT molecular complexity index is 1100. The van der Waals surface area contributed by atoms with Gasteiger partial charge in [0.15, 0.2) is 6.29 Å². The lowest BCUT2D eigenvalue weighted by molar-refractivity contribution is -0.322. The number of carbonyl (C=O) groups excluding carboxylic acids is 2. The Morgan fingerprint density at radius 1 is 1.05 bits per heavy atom. The van der Waals surface area contributed by atoms with Crippen molar-refractivity contribution in [3.8, 4) is 0 Å². The fraction of sp³-hybridized carbons (Fsp3) is 0.867. The zero-order valence-corrected chi connectivity index (χ0v) is 24.0. The van der Waals surface area contributed by atoms with Crippen molar-refractivity contribution in [2.24, 2.45) is 28.6 Å². The second kappa shape index (κ2) is 10.1. The van der Waals surface area contributed by atoms with Crippen LogP contribution in [0.4, 0.5) is 0 Å². The lowest BCUT2D eigenvalue weighted by atomic mass is 9.41. The van der Waals surface area contributed by atoms with Gasteiger partial charge in [0, 0.05) is 25.0 Å². The van der Waals surface area contributed by atoms with Gasteiger partial charge in [-0.1, -0.05) is 6.92 Å². The summed E-state index contributed by atoms with van der Waals surface area (Å²) < 4.78 is 22.6. The Morgan fingerprint density at radius 3 is 2.46 bits per heavy atom. The number of esters is 1. The van der Waals surface area contributed by atoms with Crippen LogP contribution in [-0.2, 0) is 28.5 Å². The number of aliphatic hydroxyl groups excluding tert-OH is 3. The van der Waals surface area contributed by atoms with Crippen LogP contribution in [0.5, 0.6) is 0 Å². The molecule has 1 saturated heterocycles. The summed E-state index contributed by atoms with van der Waals surface area (Å²) in [5, 5.41) is 57.0. The second-order valence-electron chi connectivity index (χ2n) is 13.7. The average molecular weight is 581 g/mol. The van der Waals surface area contributed by atoms with Gasteiger partial charge in [-0.2, -0.15) is 0 Å². The van der Waals surface area contributed by atoms with Crippen molar-refractivity contribution in [3.05, 3.63) is 11.6 Å². The molecule has 2 aliphatic heterocycles. The van der Waals surface area contributed by atoms with Gasteiger partial charge in [0.25, 0.3) is 0 Å². The fourth-order valence-electron chi connectivity index (χ4n) is 9.98. The molecule has 4 saturated carbocycles. The van der Waals surface area contributed by atoms with E-state index in [9.17, 15) is 35.1 Å². The largest absolute Gasteiger partial charge is 0.458 e. The van der Waals surface area contributed by atoms with Gasteiger partial charge in [0.05, 0.1) is 34.9 Å². The molecule has 0 aromatic carbocycles. The Labute approximate surface area is 239 Å². The summed E-state index contributed by atoms with van der Waals surface area (Å²) in [4.78, 5) is 24.9. The van der Waals surface area contributed by atoms with Crippen molar-refractivity contribution in [1.82, 2.24) is 0 Å². The summed E-state index contributed by atoms with van der Waals surface area (Å²) in [5.41, 5.74) is -3.98. The van der Waals surface area contributed by atoms with E-state index < -0.39 is 76.8 Å². The highest BCUT2D eigenvalue weighted by molar-refractivity contribution is 5.85. The van der Waals surface area contributed by atoms with Crippen LogP contribution in [0.1, 0.15) is 65.2 Å². The average Bonchev–Trinajstić information content (AvgIpc) is 3.48. The third kappa shape index (κ3) is 4.00. The first-order valence-corrected chi connectivity index (χ1v) is 15.0. The predicted molar refractivity (Wildman–Crippen MR) is 141 cm³/mol. The molecule has 6 aliphatic rings. The lowest BCUT2D eigenvalue weighted by Crippen LogP contribution is -2.71. The molecule has 0 aromatic heterocycles. The van der Waals surface area contributed by atoms with Crippen LogP contribution in [0.3, 0.4) is 0 Å². The van der Waals surface area contributed by atoms with Crippen LogP contribution < -0.4 is 0 Å². The zero-order chi connectivity index (χ0) is 29.5. The van der Waals surface area contributed by atoms with E-state index in [1.165, 1.54) is 13.2 Å². The maximum atomic E-state index is 13.1. The summed E-state index contributed by atoms with van der Waals surface area (Å²) in [6.07, 6.45) is -1.06. The van der Waals surface area contributed by atoms with E-state index in [4.69, 9.17) is 18.9 Å². The molecule has 0 spiro atoms. The van der Waals surface area contributed by atoms with E-state index in [0.29, 0.717) is 32.1 Å². The van der Waals surface area contributed by atoms with Crippen molar-refractivity contribution in [3.63, 3.8) is 0 Å². The van der Waals surface area contributed by atoms with E-state index in [1.807, 2.05) is 6.92 Å². The number of hydrogen-bond donors (Lipinski definition) is 5. The molecule has 4 aliphatic carbocycles. The lowest BCUT2D eigenvalue weighted by Gasteiger charge is -2.66. The van der Waals surface area contributed by atoms with Crippen molar-refractivity contribution < 1.29 is 54.1 Å². The normalized spacial score (nSPS) is 54.9. The third-order valence-electron chi connectivity index (χ3n) is 12.3. The van der Waals surface area contributed by atoms with Crippen molar-refractivity contribution in [2.45, 2.75) is 119 Å². The molecule has 6 rings (SSSR count). The molecule has 0 aromatic rings. The molecular formula is C30H44O11. The molecule has 0 bridgehead atoms. The molecular weight excluding hydrogens is 536 g/mol. The molecule has 11 nitrogen and oxygen atoms in total. The minimum atomic E-state index is -1.42. The SMILES string of the molecule is CO[C@H]1[C@H](O[C@H]2CC[C@]3(C=O)[C@H]4C[C@@H](O)[C@]5(C)[C@@H](C6=CC(=O)OC6)CC[C@]5(O)[C@@H]4CC[C@]3(O)C2)O[C@H](C)[C@@H](O)[C@H]1O. The van der Waals surface area contributed by atoms with Gasteiger partial charge >= 0.3 is 5.97 Å². The minimum Gasteiger partial charge on any atom is -0.458 e. The predicted octanol–water partition coefficient (Wildman–Crippen LogP) is 0.375. The fourth-order valence-corrected chi connectivity index (χ4v) is 9.98. The topological polar surface area (TPSA) is 172 Å². The first-order chi connectivity index (χ1) is 19.3. The smallest absolute Gasteiger partial charge is 0.331 e. The number of rotatable bonds is 5. The minimum absolute atomic E-state index is 0.152. The Morgan fingerprint density at radius 2 is 1.80 bits per heavy atom. The van der Waals surface area contributed by atoms with Crippen LogP contribution in [0.2, 0.25) is 0 Å². The van der Waals surface area contributed by atoms with Gasteiger partial charge in [0.1, 0.15) is 31.2 Å². The molecule has 14 atom stereocenters. The van der Waals surface area contributed by atoms with Crippen LogP contribution in [-0.4, -0.2) is 106 Å². The number of hydrogen-bond acceptors (Lipinski definition) is 11. The zero-order valence-electron chi connectivity index (χ0n) is 24.0. The highest BCUT2D eigenvalue weighted by atomic mass is 16.7. The van der Waals surface area contributed by atoms with Gasteiger partial charge in [0.2, 0.25) is 0 Å². The van der Waals surface area contributed by atoms with E-state index >= 15 is 0 Å². The van der Waals surface area contributed by atoms with Crippen molar-refractivity contribution >= 4 is 12.3 Å². The summed E-state index contributed by atoms with van der Waals surface area (Å²) in [5.74, 6) is -1.36. The third-order valence-corrected chi connectivity index (χ3v) is 12.3. The summed E-state index contributed by atoms with van der Waals surface area (Å²) in [6.45, 7) is 3.70. The van der Waals surface area contributed by atoms with Crippen LogP contribution in [0.15, 0.2) is 11.6 Å². The number of methoxy groups -OCH3 is 1. The van der Waals surface area contributed by atoms with E-state index in [1.54, 1.807) is 6.92 Å². The monoisotopic (exact) mass is 580 g/mol. The van der Waals surface area contributed by atoms with Crippen LogP contribution in [0, 0.1) is 28.6 Å². The molecule has 5 N–H and O–H groups in total. The number of aldehydes is 1. The van der Waals surface area contributed by atoms with Gasteiger partial charge in [-0.25, -0.2) is 4.79 Å². The van der Waals surface area contributed by atoms with Crippen molar-refractivity contribution in [1.29, 1.82) is 0 Å². The van der Waals surface area contributed by atoms with Gasteiger partial charge in [-0.05, 0) is 75.2 Å². The highest BCUT2D eigenvalue weighted by Crippen LogP contribution is 2.70. The molecule has 0 radical (unpaired) electrons. The number of ether oxygens (including phenoxy) is 4. The number of fused-ring (bicyclic) bond motifs is 5. The van der Waals surface area contributed by atoms with Gasteiger partial charge in [-0.3, -0.25) is 0 Å². The molecule has 5 fully saturated rings. The second-order valence-corrected chi connectivity index (χ2v) is 13.7. The number of carbonyl (C=O) groups is 2. The Hall–Kier alpha value is -1.44. The maximum absolute atomic E-state index is 13.1. The Balaban J connectivity index is 1.25. The Kier molecular flexibility index (Phi) is 7.26. The standard InChI is InChI=1S/C30H44O11/c1-15-23(34)24(35)25(38-3)26(40-15)41-17-4-7-28(14-31)20-11-21(32)27(2)18(16-10-22(33)39-13-16)6-9-30(27,37)19(20)5-8-29(28,36)12-17/h10,14-15,17-21,23-26,32,34-37H,4-9,11-13H2,1-3H3/t15-,17+,18-,19-,20+,21-,23-,24-,25-,26+,27+,28+,29+,30+/m1/s1. The molecule has 0 unspecified atom stereocenters. The summed E-state index contributed by atoms with van der Waals surface area (Å²) >= 11 is 0. The molecule has 0 amide bonds. The molecule has 230 valence electrons. The summed E-state index contributed by atoms with van der Waals surface area (Å²) in [7, 11) is 1.40. The first-order valence-electron chi connectivity index (χ1n) is 15.0.